The Morgan fingerprint density at radius 2 is 2.29 bits per heavy atom. The summed E-state index contributed by atoms with van der Waals surface area (Å²) in [7, 11) is 4.01. The number of hydrogen-bond donors (Lipinski definition) is 1. The van der Waals surface area contributed by atoms with Gasteiger partial charge in [0.15, 0.2) is 0 Å². The second-order valence-corrected chi connectivity index (χ2v) is 6.44. The van der Waals surface area contributed by atoms with Gasteiger partial charge < -0.3 is 14.5 Å². The van der Waals surface area contributed by atoms with Crippen LogP contribution in [0.15, 0.2) is 24.4 Å². The molecule has 3 rings (SSSR count). The molecule has 0 aromatic carbocycles. The molecule has 0 bridgehead atoms. The largest absolute Gasteiger partial charge is 0.488 e. The van der Waals surface area contributed by atoms with Crippen molar-refractivity contribution in [1.29, 1.82) is 0 Å². The van der Waals surface area contributed by atoms with E-state index in [-0.39, 0.29) is 12.0 Å². The molecule has 128 valence electrons. The molecule has 2 aromatic rings. The smallest absolute Gasteiger partial charge is 0.274 e. The van der Waals surface area contributed by atoms with Crippen LogP contribution in [0.1, 0.15) is 28.3 Å². The lowest BCUT2D eigenvalue weighted by atomic mass is 10.3. The van der Waals surface area contributed by atoms with Gasteiger partial charge in [0.2, 0.25) is 0 Å². The van der Waals surface area contributed by atoms with Crippen LogP contribution in [0.25, 0.3) is 0 Å². The predicted octanol–water partition coefficient (Wildman–Crippen LogP) is 1.47. The van der Waals surface area contributed by atoms with E-state index in [4.69, 9.17) is 4.74 Å². The SMILES string of the molecule is Cc1cc(C(=O)N2CCC(Oc3ccnc(CN(C)C)c3)C2)n[nH]1. The minimum absolute atomic E-state index is 0.00333. The quantitative estimate of drug-likeness (QED) is 0.899. The number of hydrogen-bond acceptors (Lipinski definition) is 5. The van der Waals surface area contributed by atoms with Gasteiger partial charge in [-0.25, -0.2) is 0 Å². The number of carbonyl (C=O) groups is 1. The van der Waals surface area contributed by atoms with E-state index in [0.29, 0.717) is 18.8 Å². The summed E-state index contributed by atoms with van der Waals surface area (Å²) < 4.78 is 6.04. The Morgan fingerprint density at radius 3 is 3.00 bits per heavy atom. The molecule has 1 N–H and O–H groups in total. The van der Waals surface area contributed by atoms with Crippen LogP contribution >= 0.6 is 0 Å². The van der Waals surface area contributed by atoms with Gasteiger partial charge in [-0.1, -0.05) is 0 Å². The summed E-state index contributed by atoms with van der Waals surface area (Å²) in [4.78, 5) is 20.6. The molecule has 0 aliphatic carbocycles. The number of aromatic amines is 1. The Balaban J connectivity index is 1.59. The Hall–Kier alpha value is -2.41. The highest BCUT2D eigenvalue weighted by atomic mass is 16.5. The van der Waals surface area contributed by atoms with Gasteiger partial charge in [0.05, 0.1) is 12.2 Å². The van der Waals surface area contributed by atoms with Crippen LogP contribution in [0.3, 0.4) is 0 Å². The average Bonchev–Trinajstić information content (AvgIpc) is 3.15. The minimum Gasteiger partial charge on any atom is -0.488 e. The van der Waals surface area contributed by atoms with Crippen LogP contribution in [0.5, 0.6) is 5.75 Å². The summed E-state index contributed by atoms with van der Waals surface area (Å²) in [6, 6.07) is 5.59. The van der Waals surface area contributed by atoms with Crippen LogP contribution in [0, 0.1) is 6.92 Å². The van der Waals surface area contributed by atoms with Crippen molar-refractivity contribution in [2.24, 2.45) is 0 Å². The van der Waals surface area contributed by atoms with Crippen molar-refractivity contribution >= 4 is 5.91 Å². The molecule has 0 spiro atoms. The Morgan fingerprint density at radius 1 is 1.46 bits per heavy atom. The van der Waals surface area contributed by atoms with Crippen molar-refractivity contribution in [2.75, 3.05) is 27.2 Å². The number of likely N-dealkylation sites (tertiary alicyclic amines) is 1. The second kappa shape index (κ2) is 7.00. The minimum atomic E-state index is -0.0477. The number of nitrogens with one attached hydrogen (secondary N) is 1. The first-order valence-electron chi connectivity index (χ1n) is 8.09. The zero-order chi connectivity index (χ0) is 17.1. The molecule has 1 fully saturated rings. The van der Waals surface area contributed by atoms with Gasteiger partial charge >= 0.3 is 0 Å². The van der Waals surface area contributed by atoms with E-state index in [1.165, 1.54) is 0 Å². The Bertz CT molecular complexity index is 713. The highest BCUT2D eigenvalue weighted by Gasteiger charge is 2.29. The van der Waals surface area contributed by atoms with E-state index in [0.717, 1.165) is 30.1 Å². The van der Waals surface area contributed by atoms with Crippen molar-refractivity contribution in [2.45, 2.75) is 26.0 Å². The number of rotatable bonds is 5. The number of nitrogens with zero attached hydrogens (tertiary/aromatic N) is 4. The Kier molecular flexibility index (Phi) is 4.80. The van der Waals surface area contributed by atoms with E-state index in [9.17, 15) is 4.79 Å². The zero-order valence-electron chi connectivity index (χ0n) is 14.3. The third kappa shape index (κ3) is 3.91. The predicted molar refractivity (Wildman–Crippen MR) is 89.9 cm³/mol. The van der Waals surface area contributed by atoms with E-state index in [1.54, 1.807) is 17.2 Å². The topological polar surface area (TPSA) is 74.4 Å². The van der Waals surface area contributed by atoms with E-state index in [1.807, 2.05) is 33.2 Å². The van der Waals surface area contributed by atoms with Crippen LogP contribution in [0.4, 0.5) is 0 Å². The van der Waals surface area contributed by atoms with Gasteiger partial charge in [-0.05, 0) is 33.2 Å². The third-order valence-corrected chi connectivity index (χ3v) is 3.93. The molecule has 0 saturated carbocycles. The number of amides is 1. The molecule has 24 heavy (non-hydrogen) atoms. The molecule has 7 heteroatoms. The summed E-state index contributed by atoms with van der Waals surface area (Å²) in [6.07, 6.45) is 2.59. The maximum atomic E-state index is 12.4. The second-order valence-electron chi connectivity index (χ2n) is 6.44. The van der Waals surface area contributed by atoms with Crippen LogP contribution in [0.2, 0.25) is 0 Å². The molecule has 0 radical (unpaired) electrons. The Labute approximate surface area is 141 Å². The lowest BCUT2D eigenvalue weighted by Crippen LogP contribution is -2.31. The molecule has 1 atom stereocenters. The highest BCUT2D eigenvalue weighted by molar-refractivity contribution is 5.92. The highest BCUT2D eigenvalue weighted by Crippen LogP contribution is 2.20. The van der Waals surface area contributed by atoms with Gasteiger partial charge in [-0.2, -0.15) is 5.10 Å². The standard InChI is InChI=1S/C17H23N5O2/c1-12-8-16(20-19-12)17(23)22-7-5-15(11-22)24-14-4-6-18-13(9-14)10-21(2)3/h4,6,8-9,15H,5,7,10-11H2,1-3H3,(H,19,20). The van der Waals surface area contributed by atoms with Crippen molar-refractivity contribution in [3.63, 3.8) is 0 Å². The summed E-state index contributed by atoms with van der Waals surface area (Å²) in [5.41, 5.74) is 2.32. The van der Waals surface area contributed by atoms with Crippen molar-refractivity contribution < 1.29 is 9.53 Å². The first-order valence-corrected chi connectivity index (χ1v) is 8.09. The number of aryl methyl sites for hydroxylation is 1. The summed E-state index contributed by atoms with van der Waals surface area (Å²) in [5, 5.41) is 6.84. The van der Waals surface area contributed by atoms with Crippen molar-refractivity contribution in [3.05, 3.63) is 41.5 Å². The summed E-state index contributed by atoms with van der Waals surface area (Å²) in [6.45, 7) is 3.92. The fourth-order valence-electron chi connectivity index (χ4n) is 2.83. The first-order chi connectivity index (χ1) is 11.5. The average molecular weight is 329 g/mol. The molecule has 1 aliphatic heterocycles. The molecule has 1 unspecified atom stereocenters. The van der Waals surface area contributed by atoms with E-state index in [2.05, 4.69) is 20.1 Å². The van der Waals surface area contributed by atoms with Gasteiger partial charge in [0.25, 0.3) is 5.91 Å². The summed E-state index contributed by atoms with van der Waals surface area (Å²) >= 11 is 0. The number of ether oxygens (including phenoxy) is 1. The van der Waals surface area contributed by atoms with E-state index >= 15 is 0 Å². The molecule has 1 amide bonds. The van der Waals surface area contributed by atoms with Gasteiger partial charge in [0, 0.05) is 37.5 Å². The fraction of sp³-hybridized carbons (Fsp3) is 0.471. The molecular formula is C17H23N5O2. The van der Waals surface area contributed by atoms with Crippen LogP contribution in [-0.2, 0) is 6.54 Å². The maximum Gasteiger partial charge on any atom is 0.274 e. The number of H-pyrrole nitrogens is 1. The molecule has 3 heterocycles. The van der Waals surface area contributed by atoms with Gasteiger partial charge in [0.1, 0.15) is 17.5 Å². The number of carbonyl (C=O) groups excluding carboxylic acids is 1. The van der Waals surface area contributed by atoms with Gasteiger partial charge in [-0.15, -0.1) is 0 Å². The fourth-order valence-corrected chi connectivity index (χ4v) is 2.83. The third-order valence-electron chi connectivity index (χ3n) is 3.93. The van der Waals surface area contributed by atoms with Crippen molar-refractivity contribution in [1.82, 2.24) is 25.0 Å². The lowest BCUT2D eigenvalue weighted by Gasteiger charge is -2.17. The zero-order valence-corrected chi connectivity index (χ0v) is 14.3. The maximum absolute atomic E-state index is 12.4. The molecule has 7 nitrogen and oxygen atoms in total. The van der Waals surface area contributed by atoms with Gasteiger partial charge in [-0.3, -0.25) is 14.9 Å². The van der Waals surface area contributed by atoms with Crippen molar-refractivity contribution in [3.8, 4) is 5.75 Å². The summed E-state index contributed by atoms with van der Waals surface area (Å²) in [5.74, 6) is 0.755. The normalized spacial score (nSPS) is 17.5. The van der Waals surface area contributed by atoms with E-state index < -0.39 is 0 Å². The van der Waals surface area contributed by atoms with Crippen LogP contribution in [-0.4, -0.2) is 64.2 Å². The first kappa shape index (κ1) is 16.4. The number of aromatic nitrogens is 3. The lowest BCUT2D eigenvalue weighted by molar-refractivity contribution is 0.0766. The molecular weight excluding hydrogens is 306 g/mol. The molecule has 1 aliphatic rings. The number of pyridine rings is 1. The van der Waals surface area contributed by atoms with Crippen LogP contribution < -0.4 is 4.74 Å². The molecule has 1 saturated heterocycles. The molecule has 2 aromatic heterocycles. The monoisotopic (exact) mass is 329 g/mol.